The summed E-state index contributed by atoms with van der Waals surface area (Å²) in [5.41, 5.74) is 10.6. The van der Waals surface area contributed by atoms with E-state index in [1.165, 1.54) is 0 Å². The van der Waals surface area contributed by atoms with Gasteiger partial charge < -0.3 is 5.73 Å². The maximum Gasteiger partial charge on any atom is 0.301 e. The van der Waals surface area contributed by atoms with Crippen molar-refractivity contribution in [3.05, 3.63) is 95.5 Å². The molecule has 1 aliphatic rings. The van der Waals surface area contributed by atoms with Crippen molar-refractivity contribution in [2.45, 2.75) is 12.8 Å². The van der Waals surface area contributed by atoms with Gasteiger partial charge in [-0.15, -0.1) is 4.68 Å². The molecule has 3 heterocycles. The van der Waals surface area contributed by atoms with Crippen LogP contribution in [0, 0.1) is 11.3 Å². The van der Waals surface area contributed by atoms with Crippen LogP contribution in [0.25, 0.3) is 11.3 Å². The Balaban J connectivity index is 1.75. The third kappa shape index (κ3) is 3.67. The Labute approximate surface area is 195 Å². The van der Waals surface area contributed by atoms with E-state index in [2.05, 4.69) is 16.0 Å². The largest absolute Gasteiger partial charge is 0.383 e. The van der Waals surface area contributed by atoms with E-state index in [4.69, 9.17) is 22.4 Å². The summed E-state index contributed by atoms with van der Waals surface area (Å²) in [4.78, 5) is 8.73. The molecule has 2 N–H and O–H groups in total. The fraction of sp³-hybridized carbons (Fsp3) is 0.0800. The molecule has 2 aromatic carbocycles. The topological polar surface area (TPSA) is 95.9 Å². The number of nitrogens with two attached hydrogens (primary N) is 1. The Morgan fingerprint density at radius 3 is 2.55 bits per heavy atom. The molecule has 160 valence electrons. The maximum atomic E-state index is 9.97. The van der Waals surface area contributed by atoms with Crippen LogP contribution >= 0.6 is 11.6 Å². The van der Waals surface area contributed by atoms with Crippen molar-refractivity contribution in [1.29, 1.82) is 5.26 Å². The van der Waals surface area contributed by atoms with Crippen molar-refractivity contribution in [3.63, 3.8) is 0 Å². The number of imidazole rings is 1. The van der Waals surface area contributed by atoms with Crippen LogP contribution in [0.1, 0.15) is 24.0 Å². The quantitative estimate of drug-likeness (QED) is 0.451. The molecule has 5 rings (SSSR count). The zero-order valence-corrected chi connectivity index (χ0v) is 18.5. The first-order chi connectivity index (χ1) is 16.1. The fourth-order valence-corrected chi connectivity index (χ4v) is 4.18. The summed E-state index contributed by atoms with van der Waals surface area (Å²) in [5.74, 6) is 0.682. The minimum Gasteiger partial charge on any atom is -0.383 e. The lowest BCUT2D eigenvalue weighted by Crippen LogP contribution is -2.27. The number of anilines is 1. The van der Waals surface area contributed by atoms with Crippen LogP contribution < -0.4 is 5.73 Å². The number of aromatic nitrogens is 3. The molecule has 0 aliphatic carbocycles. The summed E-state index contributed by atoms with van der Waals surface area (Å²) in [5, 5.41) is 15.5. The van der Waals surface area contributed by atoms with Gasteiger partial charge in [-0.05, 0) is 42.8 Å². The average Bonchev–Trinajstić information content (AvgIpc) is 3.47. The third-order valence-corrected chi connectivity index (χ3v) is 5.81. The first kappa shape index (κ1) is 20.6. The molecule has 4 aromatic rings. The van der Waals surface area contributed by atoms with Gasteiger partial charge in [-0.1, -0.05) is 47.0 Å². The molecule has 7 nitrogen and oxygen atoms in total. The highest BCUT2D eigenvalue weighted by atomic mass is 35.5. The van der Waals surface area contributed by atoms with E-state index in [-0.39, 0.29) is 11.7 Å². The first-order valence-electron chi connectivity index (χ1n) is 10.3. The normalized spacial score (nSPS) is 15.4. The summed E-state index contributed by atoms with van der Waals surface area (Å²) in [6.45, 7) is 1.95. The Kier molecular flexibility index (Phi) is 5.21. The SMILES string of the molecule is CC1=N[N+](c2ccccc2)=C(n2ccnc2)C1c1cc(-c2ccc(Cl)cc2)nc(N)c1C#N. The molecular formula is C25H19ClN7+. The number of rotatable bonds is 3. The van der Waals surface area contributed by atoms with Crippen molar-refractivity contribution in [2.24, 2.45) is 5.10 Å². The van der Waals surface area contributed by atoms with Crippen LogP contribution in [0.3, 0.4) is 0 Å². The molecule has 1 aliphatic heterocycles. The third-order valence-electron chi connectivity index (χ3n) is 5.56. The number of para-hydroxylation sites is 1. The van der Waals surface area contributed by atoms with E-state index in [1.54, 1.807) is 24.7 Å². The van der Waals surface area contributed by atoms with Crippen LogP contribution in [0.5, 0.6) is 0 Å². The Morgan fingerprint density at radius 1 is 1.12 bits per heavy atom. The Hall–Kier alpha value is -4.28. The number of pyridine rings is 1. The second kappa shape index (κ2) is 8.34. The number of nitriles is 1. The van der Waals surface area contributed by atoms with Crippen molar-refractivity contribution in [2.75, 3.05) is 5.73 Å². The molecule has 2 aromatic heterocycles. The van der Waals surface area contributed by atoms with Gasteiger partial charge >= 0.3 is 5.84 Å². The molecule has 0 saturated heterocycles. The lowest BCUT2D eigenvalue weighted by atomic mass is 9.89. The number of benzene rings is 2. The van der Waals surface area contributed by atoms with E-state index < -0.39 is 0 Å². The molecule has 1 unspecified atom stereocenters. The summed E-state index contributed by atoms with van der Waals surface area (Å²) >= 11 is 6.06. The minimum atomic E-state index is -0.328. The second-order valence-corrected chi connectivity index (χ2v) is 8.06. The minimum absolute atomic E-state index is 0.177. The zero-order chi connectivity index (χ0) is 22.9. The lowest BCUT2D eigenvalue weighted by molar-refractivity contribution is -0.444. The van der Waals surface area contributed by atoms with E-state index in [9.17, 15) is 5.26 Å². The summed E-state index contributed by atoms with van der Waals surface area (Å²) < 4.78 is 3.79. The van der Waals surface area contributed by atoms with Gasteiger partial charge in [-0.25, -0.2) is 9.97 Å². The van der Waals surface area contributed by atoms with Gasteiger partial charge in [0.1, 0.15) is 24.0 Å². The maximum absolute atomic E-state index is 9.97. The molecule has 0 saturated carbocycles. The Morgan fingerprint density at radius 2 is 1.88 bits per heavy atom. The van der Waals surface area contributed by atoms with Crippen molar-refractivity contribution < 1.29 is 4.68 Å². The highest BCUT2D eigenvalue weighted by molar-refractivity contribution is 6.30. The molecule has 33 heavy (non-hydrogen) atoms. The molecule has 1 atom stereocenters. The number of nitrogens with zero attached hydrogens (tertiary/aromatic N) is 6. The van der Waals surface area contributed by atoms with Gasteiger partial charge in [0.15, 0.2) is 12.0 Å². The van der Waals surface area contributed by atoms with Crippen LogP contribution in [0.2, 0.25) is 5.02 Å². The summed E-state index contributed by atoms with van der Waals surface area (Å²) in [6, 6.07) is 21.4. The van der Waals surface area contributed by atoms with Crippen LogP contribution in [-0.4, -0.2) is 30.8 Å². The predicted octanol–water partition coefficient (Wildman–Crippen LogP) is 4.82. The van der Waals surface area contributed by atoms with Crippen molar-refractivity contribution in [3.8, 4) is 17.3 Å². The lowest BCUT2D eigenvalue weighted by Gasteiger charge is -2.15. The molecule has 0 fully saturated rings. The van der Waals surface area contributed by atoms with Gasteiger partial charge in [-0.2, -0.15) is 9.83 Å². The molecule has 8 heteroatoms. The predicted molar refractivity (Wildman–Crippen MR) is 129 cm³/mol. The second-order valence-electron chi connectivity index (χ2n) is 7.63. The highest BCUT2D eigenvalue weighted by Gasteiger charge is 2.40. The molecule has 0 radical (unpaired) electrons. The number of hydrogen-bond donors (Lipinski definition) is 1. The van der Waals surface area contributed by atoms with Crippen molar-refractivity contribution >= 4 is 34.7 Å². The monoisotopic (exact) mass is 452 g/mol. The fourth-order valence-electron chi connectivity index (χ4n) is 4.06. The zero-order valence-electron chi connectivity index (χ0n) is 17.7. The molecular weight excluding hydrogens is 434 g/mol. The van der Waals surface area contributed by atoms with Gasteiger partial charge in [0.05, 0.1) is 23.2 Å². The van der Waals surface area contributed by atoms with Gasteiger partial charge in [0.2, 0.25) is 0 Å². The first-order valence-corrected chi connectivity index (χ1v) is 10.7. The molecule has 0 amide bonds. The van der Waals surface area contributed by atoms with Gasteiger partial charge in [0.25, 0.3) is 0 Å². The van der Waals surface area contributed by atoms with Crippen LogP contribution in [0.4, 0.5) is 11.5 Å². The summed E-state index contributed by atoms with van der Waals surface area (Å²) in [7, 11) is 0. The Bertz CT molecular complexity index is 1430. The van der Waals surface area contributed by atoms with E-state index in [1.807, 2.05) is 70.9 Å². The highest BCUT2D eigenvalue weighted by Crippen LogP contribution is 2.35. The average molecular weight is 453 g/mol. The number of nitrogen functional groups attached to an aromatic ring is 1. The van der Waals surface area contributed by atoms with Crippen molar-refractivity contribution in [1.82, 2.24) is 14.5 Å². The number of hydrogen-bond acceptors (Lipinski definition) is 5. The van der Waals surface area contributed by atoms with E-state index >= 15 is 0 Å². The van der Waals surface area contributed by atoms with E-state index in [0.29, 0.717) is 16.3 Å². The van der Waals surface area contributed by atoms with E-state index in [0.717, 1.165) is 28.4 Å². The standard InChI is InChI=1S/C25H19ClN7/c1-16-23(25(32-12-11-29-15-32)33(31-16)19-5-3-2-4-6-19)20-13-22(30-24(28)21(20)14-27)17-7-9-18(26)10-8-17/h2-13,15,23H,1H3,(H2,28,30)/q+1. The molecule has 0 bridgehead atoms. The molecule has 0 spiro atoms. The smallest absolute Gasteiger partial charge is 0.301 e. The van der Waals surface area contributed by atoms with Crippen LogP contribution in [-0.2, 0) is 0 Å². The van der Waals surface area contributed by atoms with Gasteiger partial charge in [0, 0.05) is 10.6 Å². The summed E-state index contributed by atoms with van der Waals surface area (Å²) in [6.07, 6.45) is 5.30. The number of hydrazone groups is 1. The van der Waals surface area contributed by atoms with Gasteiger partial charge in [-0.3, -0.25) is 0 Å². The number of halogens is 1. The van der Waals surface area contributed by atoms with Crippen LogP contribution in [0.15, 0.2) is 84.5 Å².